The summed E-state index contributed by atoms with van der Waals surface area (Å²) in [4.78, 5) is 33.3. The lowest BCUT2D eigenvalue weighted by Crippen LogP contribution is -2.39. The highest BCUT2D eigenvalue weighted by Gasteiger charge is 2.25. The van der Waals surface area contributed by atoms with Crippen molar-refractivity contribution < 1.29 is 19.1 Å². The second-order valence-corrected chi connectivity index (χ2v) is 10.3. The Morgan fingerprint density at radius 2 is 1.85 bits per heavy atom. The van der Waals surface area contributed by atoms with Crippen molar-refractivity contribution in [3.8, 4) is 11.3 Å². The van der Waals surface area contributed by atoms with E-state index < -0.39 is 0 Å². The highest BCUT2D eigenvalue weighted by Crippen LogP contribution is 2.31. The van der Waals surface area contributed by atoms with Crippen LogP contribution in [0.4, 0.5) is 4.79 Å². The summed E-state index contributed by atoms with van der Waals surface area (Å²) in [6.45, 7) is 3.61. The number of likely N-dealkylation sites (N-methyl/N-ethyl adjacent to an activating group) is 1. The van der Waals surface area contributed by atoms with Crippen molar-refractivity contribution in [1.82, 2.24) is 29.1 Å². The molecule has 210 valence electrons. The summed E-state index contributed by atoms with van der Waals surface area (Å²) < 4.78 is 14.1. The van der Waals surface area contributed by atoms with Crippen LogP contribution in [0.15, 0.2) is 61.2 Å². The van der Waals surface area contributed by atoms with Crippen LogP contribution in [-0.4, -0.2) is 88.6 Å². The van der Waals surface area contributed by atoms with Crippen LogP contribution < -0.4 is 0 Å². The molecule has 10 heteroatoms. The number of hydrogen-bond donors (Lipinski definition) is 0. The van der Waals surface area contributed by atoms with Gasteiger partial charge in [0.15, 0.2) is 0 Å². The van der Waals surface area contributed by atoms with Crippen molar-refractivity contribution in [2.24, 2.45) is 5.92 Å². The number of aromatic nitrogens is 4. The summed E-state index contributed by atoms with van der Waals surface area (Å²) in [5.41, 5.74) is 3.14. The Bertz CT molecular complexity index is 1460. The van der Waals surface area contributed by atoms with Gasteiger partial charge in [0, 0.05) is 52.1 Å². The first-order chi connectivity index (χ1) is 19.5. The van der Waals surface area contributed by atoms with Crippen LogP contribution in [-0.2, 0) is 22.6 Å². The van der Waals surface area contributed by atoms with Gasteiger partial charge in [-0.15, -0.1) is 0 Å². The first-order valence-corrected chi connectivity index (χ1v) is 13.6. The molecule has 4 aromatic rings. The fraction of sp³-hybridized carbons (Fsp3) is 0.400. The van der Waals surface area contributed by atoms with E-state index in [4.69, 9.17) is 14.6 Å². The van der Waals surface area contributed by atoms with Crippen LogP contribution in [0.3, 0.4) is 0 Å². The molecule has 0 N–H and O–H groups in total. The number of imidazole rings is 1. The topological polar surface area (TPSA) is 94.7 Å². The number of benzene rings is 2. The number of likely N-dealkylation sites (tertiary alicyclic amines) is 1. The summed E-state index contributed by atoms with van der Waals surface area (Å²) in [6.07, 6.45) is 7.10. The average molecular weight is 545 g/mol. The molecule has 3 heterocycles. The third kappa shape index (κ3) is 5.86. The minimum atomic E-state index is -0.263. The number of hydrogen-bond acceptors (Lipinski definition) is 6. The molecule has 5 rings (SSSR count). The fourth-order valence-corrected chi connectivity index (χ4v) is 5.34. The minimum Gasteiger partial charge on any atom is -0.453 e. The number of nitrogens with zero attached hydrogens (tertiary/aromatic N) is 6. The number of amides is 2. The van der Waals surface area contributed by atoms with Gasteiger partial charge in [-0.2, -0.15) is 5.10 Å². The summed E-state index contributed by atoms with van der Waals surface area (Å²) >= 11 is 0. The molecule has 1 aliphatic heterocycles. The van der Waals surface area contributed by atoms with E-state index in [1.807, 2.05) is 47.7 Å². The molecule has 1 fully saturated rings. The van der Waals surface area contributed by atoms with Gasteiger partial charge in [0.2, 0.25) is 0 Å². The molecule has 10 nitrogen and oxygen atoms in total. The van der Waals surface area contributed by atoms with Crippen LogP contribution in [0.2, 0.25) is 0 Å². The number of carbonyl (C=O) groups excluding carboxylic acids is 2. The van der Waals surface area contributed by atoms with Crippen LogP contribution in [0, 0.1) is 5.92 Å². The van der Waals surface area contributed by atoms with Gasteiger partial charge >= 0.3 is 6.09 Å². The lowest BCUT2D eigenvalue weighted by molar-refractivity contribution is 0.0744. The second kappa shape index (κ2) is 12.3. The molecule has 1 saturated heterocycles. The summed E-state index contributed by atoms with van der Waals surface area (Å²) in [5, 5.41) is 7.10. The molecule has 0 radical (unpaired) electrons. The third-order valence-corrected chi connectivity index (χ3v) is 7.64. The van der Waals surface area contributed by atoms with E-state index in [1.165, 1.54) is 7.11 Å². The standard InChI is InChI=1S/C30H36N6O4/c1-33(15-16-39-2)29(37)27-20-36(32-28(27)26-10-6-8-23-7-4-5-9-25(23)26)19-24-17-31-21-35(24)18-22-11-13-34(14-12-22)30(38)40-3/h4-10,17,20-22H,11-16,18-19H2,1-3H3. The van der Waals surface area contributed by atoms with Gasteiger partial charge in [-0.1, -0.05) is 42.5 Å². The summed E-state index contributed by atoms with van der Waals surface area (Å²) in [7, 11) is 4.83. The van der Waals surface area contributed by atoms with Crippen molar-refractivity contribution >= 4 is 22.8 Å². The van der Waals surface area contributed by atoms with Crippen molar-refractivity contribution in [2.75, 3.05) is 47.5 Å². The van der Waals surface area contributed by atoms with E-state index in [9.17, 15) is 9.59 Å². The largest absolute Gasteiger partial charge is 0.453 e. The van der Waals surface area contributed by atoms with Gasteiger partial charge in [0.1, 0.15) is 5.69 Å². The predicted octanol–water partition coefficient (Wildman–Crippen LogP) is 4.14. The van der Waals surface area contributed by atoms with Gasteiger partial charge in [-0.3, -0.25) is 9.48 Å². The predicted molar refractivity (Wildman–Crippen MR) is 152 cm³/mol. The monoisotopic (exact) mass is 544 g/mol. The molecule has 0 unspecified atom stereocenters. The van der Waals surface area contributed by atoms with E-state index in [-0.39, 0.29) is 12.0 Å². The smallest absolute Gasteiger partial charge is 0.409 e. The number of fused-ring (bicyclic) bond motifs is 1. The zero-order chi connectivity index (χ0) is 28.1. The molecule has 0 saturated carbocycles. The van der Waals surface area contributed by atoms with Gasteiger partial charge in [-0.25, -0.2) is 9.78 Å². The van der Waals surface area contributed by atoms with Gasteiger partial charge < -0.3 is 23.8 Å². The Morgan fingerprint density at radius 3 is 2.62 bits per heavy atom. The lowest BCUT2D eigenvalue weighted by Gasteiger charge is -2.31. The number of ether oxygens (including phenoxy) is 2. The van der Waals surface area contributed by atoms with Gasteiger partial charge in [0.05, 0.1) is 44.0 Å². The number of rotatable bonds is 9. The van der Waals surface area contributed by atoms with E-state index in [1.54, 1.807) is 24.0 Å². The molecule has 0 bridgehead atoms. The SMILES string of the molecule is COCCN(C)C(=O)c1cn(Cc2cncn2CC2CCN(C(=O)OC)CC2)nc1-c1cccc2ccccc12. The molecular formula is C30H36N6O4. The normalized spacial score (nSPS) is 14.0. The highest BCUT2D eigenvalue weighted by atomic mass is 16.5. The molecule has 0 aliphatic carbocycles. The van der Waals surface area contributed by atoms with E-state index in [2.05, 4.69) is 27.8 Å². The van der Waals surface area contributed by atoms with E-state index in [0.29, 0.717) is 50.0 Å². The third-order valence-electron chi connectivity index (χ3n) is 7.64. The minimum absolute atomic E-state index is 0.0999. The molecule has 0 atom stereocenters. The zero-order valence-electron chi connectivity index (χ0n) is 23.3. The maximum atomic E-state index is 13.6. The first-order valence-electron chi connectivity index (χ1n) is 13.6. The molecule has 40 heavy (non-hydrogen) atoms. The molecule has 1 aliphatic rings. The number of methoxy groups -OCH3 is 2. The Kier molecular flexibility index (Phi) is 8.45. The Morgan fingerprint density at radius 1 is 1.07 bits per heavy atom. The molecule has 2 amide bonds. The maximum Gasteiger partial charge on any atom is 0.409 e. The lowest BCUT2D eigenvalue weighted by atomic mass is 9.97. The first kappa shape index (κ1) is 27.4. The van der Waals surface area contributed by atoms with E-state index in [0.717, 1.165) is 41.4 Å². The van der Waals surface area contributed by atoms with Crippen molar-refractivity contribution in [2.45, 2.75) is 25.9 Å². The zero-order valence-corrected chi connectivity index (χ0v) is 23.3. The summed E-state index contributed by atoms with van der Waals surface area (Å²) in [5.74, 6) is 0.335. The fourth-order valence-electron chi connectivity index (χ4n) is 5.34. The van der Waals surface area contributed by atoms with Crippen molar-refractivity contribution in [1.29, 1.82) is 0 Å². The highest BCUT2D eigenvalue weighted by molar-refractivity contribution is 6.04. The molecule has 2 aromatic carbocycles. The van der Waals surface area contributed by atoms with Crippen LogP contribution in [0.5, 0.6) is 0 Å². The maximum absolute atomic E-state index is 13.6. The van der Waals surface area contributed by atoms with Gasteiger partial charge in [0.25, 0.3) is 5.91 Å². The Hall–Kier alpha value is -4.18. The quantitative estimate of drug-likeness (QED) is 0.314. The van der Waals surface area contributed by atoms with E-state index >= 15 is 0 Å². The number of carbonyl (C=O) groups is 2. The van der Waals surface area contributed by atoms with Crippen LogP contribution in [0.25, 0.3) is 22.0 Å². The molecular weight excluding hydrogens is 508 g/mol. The van der Waals surface area contributed by atoms with Crippen molar-refractivity contribution in [3.05, 3.63) is 72.4 Å². The molecule has 0 spiro atoms. The summed E-state index contributed by atoms with van der Waals surface area (Å²) in [6, 6.07) is 14.2. The van der Waals surface area contributed by atoms with Crippen LogP contribution in [0.1, 0.15) is 28.9 Å². The van der Waals surface area contributed by atoms with Crippen LogP contribution >= 0.6 is 0 Å². The number of piperidine rings is 1. The average Bonchev–Trinajstić information content (AvgIpc) is 3.61. The molecule has 2 aromatic heterocycles. The van der Waals surface area contributed by atoms with Crippen molar-refractivity contribution in [3.63, 3.8) is 0 Å². The second-order valence-electron chi connectivity index (χ2n) is 10.3. The Balaban J connectivity index is 1.41. The van der Waals surface area contributed by atoms with Gasteiger partial charge in [-0.05, 0) is 29.5 Å². The Labute approximate surface area is 234 Å².